The molecule has 0 saturated heterocycles. The molecule has 6 nitrogen and oxygen atoms in total. The first-order valence-corrected chi connectivity index (χ1v) is 4.86. The number of carbonyl (C=O) groups excluding carboxylic acids is 2. The summed E-state index contributed by atoms with van der Waals surface area (Å²) in [4.78, 5) is 20.8. The molecule has 0 unspecified atom stereocenters. The van der Waals surface area contributed by atoms with Crippen LogP contribution in [0.2, 0.25) is 0 Å². The maximum atomic E-state index is 10.4. The van der Waals surface area contributed by atoms with Crippen molar-refractivity contribution in [2.24, 2.45) is 0 Å². The van der Waals surface area contributed by atoms with Gasteiger partial charge in [0.25, 0.3) is 0 Å². The smallest absolute Gasteiger partial charge is 0.417 e. The van der Waals surface area contributed by atoms with E-state index in [1.165, 1.54) is 14.2 Å². The van der Waals surface area contributed by atoms with Crippen LogP contribution in [0.3, 0.4) is 0 Å². The molecule has 13 heavy (non-hydrogen) atoms. The number of hydrogen-bond acceptors (Lipinski definition) is 6. The average Bonchev–Trinajstić information content (AvgIpc) is 2.11. The molecule has 0 aromatic carbocycles. The zero-order valence-corrected chi connectivity index (χ0v) is 11.8. The van der Waals surface area contributed by atoms with Gasteiger partial charge in [0.05, 0.1) is 14.2 Å². The fourth-order valence-electron chi connectivity index (χ4n) is 0.193. The van der Waals surface area contributed by atoms with Crippen molar-refractivity contribution in [3.63, 3.8) is 0 Å². The Morgan fingerprint density at radius 1 is 1.00 bits per heavy atom. The van der Waals surface area contributed by atoms with Crippen molar-refractivity contribution in [1.29, 1.82) is 0 Å². The van der Waals surface area contributed by atoms with Gasteiger partial charge in [-0.15, -0.1) is 0 Å². The van der Waals surface area contributed by atoms with Crippen molar-refractivity contribution in [2.75, 3.05) is 14.2 Å². The minimum atomic E-state index is -0.584. The number of amides is 2. The molecular weight excluding hydrogens is 270 g/mol. The monoisotopic (exact) mass is 276 g/mol. The summed E-state index contributed by atoms with van der Waals surface area (Å²) in [5.41, 5.74) is 0. The van der Waals surface area contributed by atoms with E-state index in [2.05, 4.69) is 18.9 Å². The van der Waals surface area contributed by atoms with E-state index in [0.29, 0.717) is 0 Å². The molecule has 0 heterocycles. The van der Waals surface area contributed by atoms with Gasteiger partial charge in [0, 0.05) is 41.4 Å². The SMILES string of the molecule is COC(=O)NSSNC(=O)OC.[Zn]. The van der Waals surface area contributed by atoms with E-state index in [4.69, 9.17) is 0 Å². The molecule has 2 amide bonds. The summed E-state index contributed by atoms with van der Waals surface area (Å²) in [5.74, 6) is 0. The Hall–Kier alpha value is -0.137. The van der Waals surface area contributed by atoms with Gasteiger partial charge in [0.2, 0.25) is 0 Å². The van der Waals surface area contributed by atoms with E-state index in [1.807, 2.05) is 0 Å². The van der Waals surface area contributed by atoms with E-state index in [9.17, 15) is 9.59 Å². The zero-order chi connectivity index (χ0) is 9.40. The number of methoxy groups -OCH3 is 2. The largest absolute Gasteiger partial charge is 0.452 e. The number of hydrogen-bond donors (Lipinski definition) is 2. The maximum Gasteiger partial charge on any atom is 0.417 e. The Kier molecular flexibility index (Phi) is 11.7. The molecule has 0 aliphatic heterocycles. The molecule has 0 atom stereocenters. The minimum Gasteiger partial charge on any atom is -0.452 e. The molecule has 0 aromatic rings. The van der Waals surface area contributed by atoms with Gasteiger partial charge < -0.3 is 9.47 Å². The van der Waals surface area contributed by atoms with E-state index >= 15 is 0 Å². The number of nitrogens with one attached hydrogen (secondary N) is 2. The second-order valence-corrected chi connectivity index (χ2v) is 3.10. The van der Waals surface area contributed by atoms with Gasteiger partial charge in [-0.1, -0.05) is 0 Å². The Balaban J connectivity index is 0. The first kappa shape index (κ1) is 15.3. The van der Waals surface area contributed by atoms with Crippen LogP contribution in [-0.2, 0) is 29.0 Å². The van der Waals surface area contributed by atoms with E-state index in [-0.39, 0.29) is 19.5 Å². The minimum absolute atomic E-state index is 0. The standard InChI is InChI=1S/C4H8N2O4S2.Zn/c1-9-3(7)5-11-12-6-4(8)10-2;/h1-2H3,(H,5,7)(H,6,8);. The third-order valence-corrected chi connectivity index (χ3v) is 2.00. The Morgan fingerprint density at radius 2 is 1.31 bits per heavy atom. The van der Waals surface area contributed by atoms with Crippen molar-refractivity contribution in [3.05, 3.63) is 0 Å². The molecule has 0 spiro atoms. The van der Waals surface area contributed by atoms with Crippen molar-refractivity contribution in [3.8, 4) is 0 Å². The van der Waals surface area contributed by atoms with E-state index in [1.54, 1.807) is 0 Å². The first-order valence-electron chi connectivity index (χ1n) is 2.71. The molecule has 0 aliphatic rings. The average molecular weight is 278 g/mol. The third kappa shape index (κ3) is 9.78. The van der Waals surface area contributed by atoms with Gasteiger partial charge in [0.1, 0.15) is 0 Å². The van der Waals surface area contributed by atoms with Crippen molar-refractivity contribution >= 4 is 34.1 Å². The predicted molar refractivity (Wildman–Crippen MR) is 46.3 cm³/mol. The van der Waals surface area contributed by atoms with Crippen molar-refractivity contribution < 1.29 is 38.5 Å². The van der Waals surface area contributed by atoms with Crippen LogP contribution >= 0.6 is 22.0 Å². The molecular formula is C4H8N2O4S2Zn. The summed E-state index contributed by atoms with van der Waals surface area (Å²) in [6.07, 6.45) is -1.17. The van der Waals surface area contributed by atoms with Crippen LogP contribution in [0.15, 0.2) is 0 Å². The summed E-state index contributed by atoms with van der Waals surface area (Å²) < 4.78 is 13.0. The van der Waals surface area contributed by atoms with Crippen LogP contribution in [0.5, 0.6) is 0 Å². The molecule has 9 heteroatoms. The number of rotatable bonds is 3. The van der Waals surface area contributed by atoms with Crippen LogP contribution in [0, 0.1) is 0 Å². The van der Waals surface area contributed by atoms with Gasteiger partial charge in [-0.2, -0.15) is 0 Å². The summed E-state index contributed by atoms with van der Waals surface area (Å²) in [6.45, 7) is 0. The van der Waals surface area contributed by atoms with E-state index < -0.39 is 12.2 Å². The fourth-order valence-corrected chi connectivity index (χ4v) is 1.24. The van der Waals surface area contributed by atoms with Gasteiger partial charge >= 0.3 is 12.2 Å². The summed E-state index contributed by atoms with van der Waals surface area (Å²) >= 11 is 0. The van der Waals surface area contributed by atoms with Crippen LogP contribution in [0.4, 0.5) is 9.59 Å². The summed E-state index contributed by atoms with van der Waals surface area (Å²) in [7, 11) is 4.31. The molecule has 0 radical (unpaired) electrons. The van der Waals surface area contributed by atoms with E-state index in [0.717, 1.165) is 22.0 Å². The number of ether oxygens (including phenoxy) is 2. The quantitative estimate of drug-likeness (QED) is 0.346. The fraction of sp³-hybridized carbons (Fsp3) is 0.500. The Morgan fingerprint density at radius 3 is 1.54 bits per heavy atom. The van der Waals surface area contributed by atoms with Gasteiger partial charge in [-0.25, -0.2) is 9.59 Å². The Labute approximate surface area is 96.3 Å². The van der Waals surface area contributed by atoms with Crippen LogP contribution < -0.4 is 9.44 Å². The molecule has 0 rings (SSSR count). The molecule has 0 saturated carbocycles. The second kappa shape index (κ2) is 9.95. The zero-order valence-electron chi connectivity index (χ0n) is 7.16. The van der Waals surface area contributed by atoms with Crippen LogP contribution in [-0.4, -0.2) is 26.4 Å². The second-order valence-electron chi connectivity index (χ2n) is 1.35. The Bertz CT molecular complexity index is 152. The molecule has 0 aromatic heterocycles. The van der Waals surface area contributed by atoms with Gasteiger partial charge in [-0.3, -0.25) is 9.44 Å². The van der Waals surface area contributed by atoms with Crippen molar-refractivity contribution in [1.82, 2.24) is 9.44 Å². The van der Waals surface area contributed by atoms with Crippen LogP contribution in [0.25, 0.3) is 0 Å². The van der Waals surface area contributed by atoms with Crippen LogP contribution in [0.1, 0.15) is 0 Å². The summed E-state index contributed by atoms with van der Waals surface area (Å²) in [6, 6.07) is 0. The van der Waals surface area contributed by atoms with Gasteiger partial charge in [0.15, 0.2) is 0 Å². The molecule has 0 bridgehead atoms. The molecule has 0 aliphatic carbocycles. The molecule has 72 valence electrons. The first-order chi connectivity index (χ1) is 5.70. The normalized spacial score (nSPS) is 7.85. The summed E-state index contributed by atoms with van der Waals surface area (Å²) in [5, 5.41) is 0. The van der Waals surface area contributed by atoms with Gasteiger partial charge in [-0.05, 0) is 0 Å². The van der Waals surface area contributed by atoms with Crippen molar-refractivity contribution in [2.45, 2.75) is 0 Å². The predicted octanol–water partition coefficient (Wildman–Crippen LogP) is 0.907. The molecule has 0 fully saturated rings. The number of carbonyl (C=O) groups is 2. The topological polar surface area (TPSA) is 76.7 Å². The molecule has 2 N–H and O–H groups in total. The maximum absolute atomic E-state index is 10.4. The third-order valence-electron chi connectivity index (χ3n) is 0.662.